The molecule has 0 spiro atoms. The van der Waals surface area contributed by atoms with Crippen molar-refractivity contribution in [2.75, 3.05) is 6.61 Å². The summed E-state index contributed by atoms with van der Waals surface area (Å²) < 4.78 is 5.96. The van der Waals surface area contributed by atoms with Gasteiger partial charge in [-0.05, 0) is 18.4 Å². The van der Waals surface area contributed by atoms with Gasteiger partial charge in [0.15, 0.2) is 0 Å². The van der Waals surface area contributed by atoms with E-state index in [-0.39, 0.29) is 0 Å². The molecule has 0 unspecified atom stereocenters. The molecule has 1 aromatic rings. The number of hydrogen-bond donors (Lipinski definition) is 1. The Bertz CT molecular complexity index is 374. The van der Waals surface area contributed by atoms with E-state index >= 15 is 0 Å². The van der Waals surface area contributed by atoms with Crippen LogP contribution in [-0.2, 0) is 13.0 Å². The quantitative estimate of drug-likeness (QED) is 0.505. The average Bonchev–Trinajstić information content (AvgIpc) is 2.44. The number of benzene rings is 1. The molecular weight excluding hydrogens is 234 g/mol. The second kappa shape index (κ2) is 9.62. The van der Waals surface area contributed by atoms with E-state index in [1.807, 2.05) is 18.2 Å². The first-order valence-corrected chi connectivity index (χ1v) is 7.38. The first-order chi connectivity index (χ1) is 9.33. The van der Waals surface area contributed by atoms with E-state index in [2.05, 4.69) is 19.6 Å². The Labute approximate surface area is 117 Å². The molecule has 106 valence electrons. The van der Waals surface area contributed by atoms with E-state index < -0.39 is 0 Å². The third-order valence-corrected chi connectivity index (χ3v) is 3.26. The second-order valence-electron chi connectivity index (χ2n) is 4.86. The molecule has 1 rings (SSSR count). The Morgan fingerprint density at radius 2 is 1.89 bits per heavy atom. The Morgan fingerprint density at radius 3 is 2.58 bits per heavy atom. The maximum absolute atomic E-state index is 5.96. The lowest BCUT2D eigenvalue weighted by molar-refractivity contribution is 0.299. The molecular formula is C17H27NO. The second-order valence-corrected chi connectivity index (χ2v) is 4.86. The van der Waals surface area contributed by atoms with Gasteiger partial charge in [0.25, 0.3) is 0 Å². The maximum atomic E-state index is 5.96. The molecule has 1 aromatic carbocycles. The highest BCUT2D eigenvalue weighted by Gasteiger charge is 2.07. The zero-order chi connectivity index (χ0) is 13.9. The number of hydrogen-bond acceptors (Lipinski definition) is 2. The first-order valence-electron chi connectivity index (χ1n) is 7.38. The van der Waals surface area contributed by atoms with Gasteiger partial charge in [0.2, 0.25) is 0 Å². The molecule has 0 saturated carbocycles. The van der Waals surface area contributed by atoms with Gasteiger partial charge in [-0.3, -0.25) is 0 Å². The number of rotatable bonds is 10. The lowest BCUT2D eigenvalue weighted by atomic mass is 10.1. The Morgan fingerprint density at radius 1 is 1.16 bits per heavy atom. The SMILES string of the molecule is C=CCc1cccc(CN)c1OCCCCCCC. The summed E-state index contributed by atoms with van der Waals surface area (Å²) in [6.45, 7) is 7.33. The van der Waals surface area contributed by atoms with Crippen molar-refractivity contribution in [3.63, 3.8) is 0 Å². The predicted octanol–water partition coefficient (Wildman–Crippen LogP) is 4.22. The summed E-state index contributed by atoms with van der Waals surface area (Å²) in [6, 6.07) is 6.17. The number of nitrogens with two attached hydrogens (primary N) is 1. The van der Waals surface area contributed by atoms with E-state index in [4.69, 9.17) is 10.5 Å². The van der Waals surface area contributed by atoms with Crippen molar-refractivity contribution in [1.82, 2.24) is 0 Å². The molecule has 0 amide bonds. The van der Waals surface area contributed by atoms with Crippen molar-refractivity contribution in [2.45, 2.75) is 52.0 Å². The van der Waals surface area contributed by atoms with Crippen molar-refractivity contribution < 1.29 is 4.74 Å². The average molecular weight is 261 g/mol. The molecule has 0 aliphatic rings. The minimum absolute atomic E-state index is 0.524. The molecule has 2 heteroatoms. The summed E-state index contributed by atoms with van der Waals surface area (Å²) in [5.74, 6) is 0.973. The highest BCUT2D eigenvalue weighted by atomic mass is 16.5. The molecule has 0 aliphatic carbocycles. The van der Waals surface area contributed by atoms with Crippen LogP contribution < -0.4 is 10.5 Å². The van der Waals surface area contributed by atoms with Crippen LogP contribution in [0.2, 0.25) is 0 Å². The zero-order valence-corrected chi connectivity index (χ0v) is 12.2. The van der Waals surface area contributed by atoms with Gasteiger partial charge in [-0.15, -0.1) is 6.58 Å². The lowest BCUT2D eigenvalue weighted by Crippen LogP contribution is -2.06. The maximum Gasteiger partial charge on any atom is 0.127 e. The van der Waals surface area contributed by atoms with Gasteiger partial charge in [0.1, 0.15) is 5.75 Å². The van der Waals surface area contributed by atoms with Crippen LogP contribution >= 0.6 is 0 Å². The van der Waals surface area contributed by atoms with Gasteiger partial charge < -0.3 is 10.5 Å². The Balaban J connectivity index is 2.52. The van der Waals surface area contributed by atoms with E-state index in [9.17, 15) is 0 Å². The van der Waals surface area contributed by atoms with Gasteiger partial charge >= 0.3 is 0 Å². The van der Waals surface area contributed by atoms with Crippen LogP contribution in [0.4, 0.5) is 0 Å². The molecule has 0 bridgehead atoms. The molecule has 0 fully saturated rings. The fourth-order valence-electron chi connectivity index (χ4n) is 2.18. The van der Waals surface area contributed by atoms with Crippen LogP contribution in [-0.4, -0.2) is 6.61 Å². The number of ether oxygens (including phenoxy) is 1. The number of para-hydroxylation sites is 1. The summed E-state index contributed by atoms with van der Waals surface area (Å²) in [5, 5.41) is 0. The third-order valence-electron chi connectivity index (χ3n) is 3.26. The first kappa shape index (κ1) is 15.8. The highest BCUT2D eigenvalue weighted by Crippen LogP contribution is 2.25. The van der Waals surface area contributed by atoms with Gasteiger partial charge in [-0.1, -0.05) is 56.9 Å². The van der Waals surface area contributed by atoms with E-state index in [0.717, 1.165) is 30.8 Å². The molecule has 2 nitrogen and oxygen atoms in total. The number of unbranched alkanes of at least 4 members (excludes halogenated alkanes) is 4. The smallest absolute Gasteiger partial charge is 0.127 e. The third kappa shape index (κ3) is 5.48. The van der Waals surface area contributed by atoms with Crippen LogP contribution in [0.3, 0.4) is 0 Å². The highest BCUT2D eigenvalue weighted by molar-refractivity contribution is 5.42. The normalized spacial score (nSPS) is 10.4. The lowest BCUT2D eigenvalue weighted by Gasteiger charge is -2.14. The van der Waals surface area contributed by atoms with Crippen LogP contribution in [0.25, 0.3) is 0 Å². The summed E-state index contributed by atoms with van der Waals surface area (Å²) in [5.41, 5.74) is 8.06. The Kier molecular flexibility index (Phi) is 7.99. The van der Waals surface area contributed by atoms with E-state index in [1.165, 1.54) is 31.2 Å². The van der Waals surface area contributed by atoms with Crippen molar-refractivity contribution in [3.8, 4) is 5.75 Å². The minimum Gasteiger partial charge on any atom is -0.493 e. The van der Waals surface area contributed by atoms with Gasteiger partial charge in [0.05, 0.1) is 6.61 Å². The predicted molar refractivity (Wildman–Crippen MR) is 82.5 cm³/mol. The molecule has 0 radical (unpaired) electrons. The van der Waals surface area contributed by atoms with Crippen molar-refractivity contribution >= 4 is 0 Å². The largest absolute Gasteiger partial charge is 0.493 e. The fraction of sp³-hybridized carbons (Fsp3) is 0.529. The van der Waals surface area contributed by atoms with Crippen LogP contribution in [0.5, 0.6) is 5.75 Å². The summed E-state index contributed by atoms with van der Waals surface area (Å²) in [4.78, 5) is 0. The summed E-state index contributed by atoms with van der Waals surface area (Å²) >= 11 is 0. The van der Waals surface area contributed by atoms with Crippen LogP contribution in [0.1, 0.15) is 50.2 Å². The number of allylic oxidation sites excluding steroid dienone is 1. The van der Waals surface area contributed by atoms with E-state index in [1.54, 1.807) is 0 Å². The summed E-state index contributed by atoms with van der Waals surface area (Å²) in [7, 11) is 0. The molecule has 19 heavy (non-hydrogen) atoms. The van der Waals surface area contributed by atoms with Gasteiger partial charge in [-0.2, -0.15) is 0 Å². The molecule has 2 N–H and O–H groups in total. The molecule has 0 saturated heterocycles. The van der Waals surface area contributed by atoms with Crippen molar-refractivity contribution in [1.29, 1.82) is 0 Å². The molecule has 0 atom stereocenters. The summed E-state index contributed by atoms with van der Waals surface area (Å²) in [6.07, 6.45) is 9.00. The standard InChI is InChI=1S/C17H27NO/c1-3-5-6-7-8-13-19-17-15(10-4-2)11-9-12-16(17)14-18/h4,9,11-12H,2-3,5-8,10,13-14,18H2,1H3. The fourth-order valence-corrected chi connectivity index (χ4v) is 2.18. The zero-order valence-electron chi connectivity index (χ0n) is 12.2. The Hall–Kier alpha value is -1.28. The van der Waals surface area contributed by atoms with Crippen LogP contribution in [0, 0.1) is 0 Å². The van der Waals surface area contributed by atoms with E-state index in [0.29, 0.717) is 6.54 Å². The van der Waals surface area contributed by atoms with Gasteiger partial charge in [-0.25, -0.2) is 0 Å². The van der Waals surface area contributed by atoms with Gasteiger partial charge in [0, 0.05) is 12.1 Å². The van der Waals surface area contributed by atoms with Crippen LogP contribution in [0.15, 0.2) is 30.9 Å². The molecule has 0 aliphatic heterocycles. The molecule has 0 heterocycles. The van der Waals surface area contributed by atoms with Crippen molar-refractivity contribution in [2.24, 2.45) is 5.73 Å². The molecule has 0 aromatic heterocycles. The van der Waals surface area contributed by atoms with Crippen molar-refractivity contribution in [3.05, 3.63) is 42.0 Å². The topological polar surface area (TPSA) is 35.2 Å². The monoisotopic (exact) mass is 261 g/mol. The minimum atomic E-state index is 0.524.